The normalized spacial score (nSPS) is 12.7. The van der Waals surface area contributed by atoms with E-state index in [2.05, 4.69) is 15.9 Å². The fraction of sp³-hybridized carbons (Fsp3) is 0.200. The summed E-state index contributed by atoms with van der Waals surface area (Å²) in [7, 11) is 0. The average molecular weight is 339 g/mol. The van der Waals surface area contributed by atoms with Crippen LogP contribution in [0, 0.1) is 5.82 Å². The van der Waals surface area contributed by atoms with Gasteiger partial charge in [-0.1, -0.05) is 22.0 Å². The summed E-state index contributed by atoms with van der Waals surface area (Å²) in [6.45, 7) is 1.05. The Morgan fingerprint density at radius 3 is 2.65 bits per heavy atom. The van der Waals surface area contributed by atoms with Gasteiger partial charge in [0.1, 0.15) is 5.82 Å². The van der Waals surface area contributed by atoms with Gasteiger partial charge in [0.15, 0.2) is 11.5 Å². The Labute approximate surface area is 124 Å². The molecule has 0 radical (unpaired) electrons. The SMILES string of the molecule is Fc1cc(Br)cc(COCc2ccc3c(c2)OCO3)c1. The minimum absolute atomic E-state index is 0.261. The van der Waals surface area contributed by atoms with E-state index in [1.807, 2.05) is 24.3 Å². The van der Waals surface area contributed by atoms with Gasteiger partial charge in [-0.15, -0.1) is 0 Å². The first-order chi connectivity index (χ1) is 9.70. The van der Waals surface area contributed by atoms with Crippen molar-refractivity contribution in [3.05, 3.63) is 57.8 Å². The average Bonchev–Trinajstić information content (AvgIpc) is 2.85. The lowest BCUT2D eigenvalue weighted by Gasteiger charge is -2.06. The lowest BCUT2D eigenvalue weighted by Crippen LogP contribution is -1.95. The van der Waals surface area contributed by atoms with Gasteiger partial charge >= 0.3 is 0 Å². The van der Waals surface area contributed by atoms with E-state index in [-0.39, 0.29) is 12.6 Å². The third-order valence-electron chi connectivity index (χ3n) is 2.90. The topological polar surface area (TPSA) is 27.7 Å². The van der Waals surface area contributed by atoms with Gasteiger partial charge in [0.25, 0.3) is 0 Å². The Morgan fingerprint density at radius 2 is 1.80 bits per heavy atom. The van der Waals surface area contributed by atoms with Gasteiger partial charge in [0.2, 0.25) is 6.79 Å². The first kappa shape index (κ1) is 13.4. The third-order valence-corrected chi connectivity index (χ3v) is 3.35. The molecule has 0 aromatic heterocycles. The van der Waals surface area contributed by atoms with E-state index in [0.717, 1.165) is 22.6 Å². The zero-order chi connectivity index (χ0) is 13.9. The lowest BCUT2D eigenvalue weighted by molar-refractivity contribution is 0.107. The van der Waals surface area contributed by atoms with Crippen molar-refractivity contribution in [3.8, 4) is 11.5 Å². The van der Waals surface area contributed by atoms with E-state index in [1.54, 1.807) is 0 Å². The van der Waals surface area contributed by atoms with Crippen LogP contribution in [-0.2, 0) is 18.0 Å². The highest BCUT2D eigenvalue weighted by atomic mass is 79.9. The molecule has 20 heavy (non-hydrogen) atoms. The zero-order valence-electron chi connectivity index (χ0n) is 10.6. The minimum Gasteiger partial charge on any atom is -0.454 e. The van der Waals surface area contributed by atoms with Crippen LogP contribution >= 0.6 is 15.9 Å². The molecule has 5 heteroatoms. The molecule has 0 saturated heterocycles. The maximum atomic E-state index is 13.2. The summed E-state index contributed by atoms with van der Waals surface area (Å²) in [5, 5.41) is 0. The van der Waals surface area contributed by atoms with Gasteiger partial charge < -0.3 is 14.2 Å². The van der Waals surface area contributed by atoms with Gasteiger partial charge in [-0.3, -0.25) is 0 Å². The molecule has 0 fully saturated rings. The van der Waals surface area contributed by atoms with Crippen LogP contribution in [0.25, 0.3) is 0 Å². The van der Waals surface area contributed by atoms with Crippen LogP contribution in [0.1, 0.15) is 11.1 Å². The summed E-state index contributed by atoms with van der Waals surface area (Å²) >= 11 is 3.26. The van der Waals surface area contributed by atoms with Crippen LogP contribution in [0.2, 0.25) is 0 Å². The summed E-state index contributed by atoms with van der Waals surface area (Å²) in [6.07, 6.45) is 0. The molecule has 0 aliphatic carbocycles. The number of hydrogen-bond acceptors (Lipinski definition) is 3. The Morgan fingerprint density at radius 1 is 1.00 bits per heavy atom. The summed E-state index contributed by atoms with van der Waals surface area (Å²) < 4.78 is 30.1. The number of ether oxygens (including phenoxy) is 3. The molecular weight excluding hydrogens is 327 g/mol. The largest absolute Gasteiger partial charge is 0.454 e. The smallest absolute Gasteiger partial charge is 0.231 e. The van der Waals surface area contributed by atoms with E-state index < -0.39 is 0 Å². The van der Waals surface area contributed by atoms with Gasteiger partial charge in [-0.05, 0) is 41.5 Å². The molecule has 0 spiro atoms. The van der Waals surface area contributed by atoms with Crippen LogP contribution in [0.15, 0.2) is 40.9 Å². The van der Waals surface area contributed by atoms with Crippen molar-refractivity contribution in [1.82, 2.24) is 0 Å². The van der Waals surface area contributed by atoms with E-state index >= 15 is 0 Å². The van der Waals surface area contributed by atoms with Gasteiger partial charge in [-0.2, -0.15) is 0 Å². The molecular formula is C15H12BrFO3. The lowest BCUT2D eigenvalue weighted by atomic mass is 10.2. The zero-order valence-corrected chi connectivity index (χ0v) is 12.2. The van der Waals surface area contributed by atoms with Crippen molar-refractivity contribution in [3.63, 3.8) is 0 Å². The van der Waals surface area contributed by atoms with E-state index in [0.29, 0.717) is 17.7 Å². The fourth-order valence-electron chi connectivity index (χ4n) is 2.01. The van der Waals surface area contributed by atoms with Crippen molar-refractivity contribution in [2.75, 3.05) is 6.79 Å². The molecule has 0 bridgehead atoms. The monoisotopic (exact) mass is 338 g/mol. The second-order valence-electron chi connectivity index (χ2n) is 4.46. The molecule has 1 aliphatic rings. The van der Waals surface area contributed by atoms with Crippen molar-refractivity contribution in [2.45, 2.75) is 13.2 Å². The molecule has 104 valence electrons. The molecule has 3 nitrogen and oxygen atoms in total. The van der Waals surface area contributed by atoms with E-state index in [9.17, 15) is 4.39 Å². The van der Waals surface area contributed by atoms with E-state index in [1.165, 1.54) is 12.1 Å². The van der Waals surface area contributed by atoms with Crippen LogP contribution in [0.4, 0.5) is 4.39 Å². The second kappa shape index (κ2) is 5.81. The summed E-state index contributed by atoms with van der Waals surface area (Å²) in [5.74, 6) is 1.21. The Hall–Kier alpha value is -1.59. The van der Waals surface area contributed by atoms with Crippen molar-refractivity contribution >= 4 is 15.9 Å². The van der Waals surface area contributed by atoms with Crippen LogP contribution < -0.4 is 9.47 Å². The molecule has 2 aromatic carbocycles. The maximum absolute atomic E-state index is 13.2. The van der Waals surface area contributed by atoms with Gasteiger partial charge in [0.05, 0.1) is 13.2 Å². The predicted molar refractivity (Wildman–Crippen MR) is 75.2 cm³/mol. The quantitative estimate of drug-likeness (QED) is 0.842. The van der Waals surface area contributed by atoms with Crippen molar-refractivity contribution in [1.29, 1.82) is 0 Å². The molecule has 0 unspecified atom stereocenters. The molecule has 0 saturated carbocycles. The highest BCUT2D eigenvalue weighted by Crippen LogP contribution is 2.32. The molecule has 0 N–H and O–H groups in total. The highest BCUT2D eigenvalue weighted by molar-refractivity contribution is 9.10. The Balaban J connectivity index is 1.59. The standard InChI is InChI=1S/C15H12BrFO3/c16-12-3-11(4-13(17)6-12)8-18-7-10-1-2-14-15(5-10)20-9-19-14/h1-6H,7-9H2. The first-order valence-corrected chi connectivity index (χ1v) is 6.91. The molecule has 0 atom stereocenters. The molecule has 1 aliphatic heterocycles. The maximum Gasteiger partial charge on any atom is 0.231 e. The second-order valence-corrected chi connectivity index (χ2v) is 5.37. The summed E-state index contributed by atoms with van der Waals surface area (Å²) in [5.41, 5.74) is 1.78. The highest BCUT2D eigenvalue weighted by Gasteiger charge is 2.13. The summed E-state index contributed by atoms with van der Waals surface area (Å²) in [4.78, 5) is 0. The molecule has 0 amide bonds. The number of halogens is 2. The van der Waals surface area contributed by atoms with Crippen molar-refractivity contribution in [2.24, 2.45) is 0 Å². The van der Waals surface area contributed by atoms with Crippen LogP contribution in [0.5, 0.6) is 11.5 Å². The Kier molecular flexibility index (Phi) is 3.89. The fourth-order valence-corrected chi connectivity index (χ4v) is 2.52. The van der Waals surface area contributed by atoms with Gasteiger partial charge in [0, 0.05) is 4.47 Å². The van der Waals surface area contributed by atoms with Crippen molar-refractivity contribution < 1.29 is 18.6 Å². The van der Waals surface area contributed by atoms with Crippen LogP contribution in [0.3, 0.4) is 0 Å². The number of rotatable bonds is 4. The first-order valence-electron chi connectivity index (χ1n) is 6.12. The molecule has 3 rings (SSSR count). The number of benzene rings is 2. The van der Waals surface area contributed by atoms with E-state index in [4.69, 9.17) is 14.2 Å². The minimum atomic E-state index is -0.277. The Bertz CT molecular complexity index is 610. The van der Waals surface area contributed by atoms with Gasteiger partial charge in [-0.25, -0.2) is 4.39 Å². The number of hydrogen-bond donors (Lipinski definition) is 0. The summed E-state index contributed by atoms with van der Waals surface area (Å²) in [6, 6.07) is 10.4. The molecule has 2 aromatic rings. The number of fused-ring (bicyclic) bond motifs is 1. The molecule has 1 heterocycles. The predicted octanol–water partition coefficient (Wildman–Crippen LogP) is 4.03. The van der Waals surface area contributed by atoms with Crippen LogP contribution in [-0.4, -0.2) is 6.79 Å². The third kappa shape index (κ3) is 3.11.